The SMILES string of the molecule is CCOC(=O)/C(C)=C/CN(C)C(=O)C(NC(=O)C1CCCCN1)C(C)(C)C. The van der Waals surface area contributed by atoms with Crippen molar-refractivity contribution >= 4 is 17.8 Å². The van der Waals surface area contributed by atoms with Crippen molar-refractivity contribution in [2.24, 2.45) is 5.41 Å². The zero-order valence-electron chi connectivity index (χ0n) is 17.6. The van der Waals surface area contributed by atoms with Crippen LogP contribution in [-0.2, 0) is 19.1 Å². The van der Waals surface area contributed by atoms with E-state index in [0.717, 1.165) is 25.8 Å². The first-order valence-corrected chi connectivity index (χ1v) is 9.70. The Bertz CT molecular complexity index is 560. The molecule has 7 heteroatoms. The van der Waals surface area contributed by atoms with E-state index < -0.39 is 11.5 Å². The van der Waals surface area contributed by atoms with Crippen LogP contribution in [0.5, 0.6) is 0 Å². The Morgan fingerprint density at radius 3 is 2.48 bits per heavy atom. The number of nitrogens with zero attached hydrogens (tertiary/aromatic N) is 1. The van der Waals surface area contributed by atoms with E-state index in [2.05, 4.69) is 10.6 Å². The number of nitrogens with one attached hydrogen (secondary N) is 2. The molecule has 0 aromatic heterocycles. The summed E-state index contributed by atoms with van der Waals surface area (Å²) in [5, 5.41) is 6.14. The van der Waals surface area contributed by atoms with Gasteiger partial charge in [-0.2, -0.15) is 0 Å². The average Bonchev–Trinajstić information content (AvgIpc) is 2.63. The summed E-state index contributed by atoms with van der Waals surface area (Å²) in [6.45, 7) is 10.6. The normalized spacial score (nSPS) is 19.2. The molecular weight excluding hydrogens is 346 g/mol. The van der Waals surface area contributed by atoms with E-state index in [1.165, 1.54) is 4.90 Å². The van der Waals surface area contributed by atoms with E-state index in [9.17, 15) is 14.4 Å². The minimum atomic E-state index is -0.643. The molecule has 0 aromatic carbocycles. The number of hydrogen-bond donors (Lipinski definition) is 2. The molecule has 27 heavy (non-hydrogen) atoms. The predicted octanol–water partition coefficient (Wildman–Crippen LogP) is 1.63. The first-order valence-electron chi connectivity index (χ1n) is 9.70. The van der Waals surface area contributed by atoms with Gasteiger partial charge >= 0.3 is 5.97 Å². The van der Waals surface area contributed by atoms with Gasteiger partial charge in [0.15, 0.2) is 0 Å². The smallest absolute Gasteiger partial charge is 0.333 e. The molecule has 0 aromatic rings. The fourth-order valence-corrected chi connectivity index (χ4v) is 2.88. The van der Waals surface area contributed by atoms with E-state index in [-0.39, 0.29) is 30.4 Å². The molecule has 1 rings (SSSR count). The number of carbonyl (C=O) groups is 3. The molecule has 1 aliphatic heterocycles. The molecule has 1 saturated heterocycles. The molecule has 0 saturated carbocycles. The molecule has 2 amide bonds. The van der Waals surface area contributed by atoms with Crippen molar-refractivity contribution in [1.29, 1.82) is 0 Å². The van der Waals surface area contributed by atoms with Gasteiger partial charge in [0.05, 0.1) is 12.6 Å². The molecule has 0 bridgehead atoms. The van der Waals surface area contributed by atoms with Crippen LogP contribution in [0.1, 0.15) is 53.9 Å². The molecule has 154 valence electrons. The number of ether oxygens (including phenoxy) is 1. The van der Waals surface area contributed by atoms with Gasteiger partial charge in [0.1, 0.15) is 6.04 Å². The van der Waals surface area contributed by atoms with Crippen LogP contribution >= 0.6 is 0 Å². The molecule has 1 aliphatic rings. The van der Waals surface area contributed by atoms with Crippen molar-refractivity contribution in [2.45, 2.75) is 66.0 Å². The first kappa shape index (κ1) is 23.1. The lowest BCUT2D eigenvalue weighted by molar-refractivity contribution is -0.139. The minimum Gasteiger partial charge on any atom is -0.463 e. The van der Waals surface area contributed by atoms with Crippen molar-refractivity contribution in [3.63, 3.8) is 0 Å². The summed E-state index contributed by atoms with van der Waals surface area (Å²) in [6.07, 6.45) is 4.53. The summed E-state index contributed by atoms with van der Waals surface area (Å²) in [5.74, 6) is -0.698. The topological polar surface area (TPSA) is 87.7 Å². The van der Waals surface area contributed by atoms with Crippen LogP contribution in [0.3, 0.4) is 0 Å². The standard InChI is InChI=1S/C20H35N3O4/c1-7-27-19(26)14(2)11-13-23(6)18(25)16(20(3,4)5)22-17(24)15-10-8-9-12-21-15/h11,15-16,21H,7-10,12-13H2,1-6H3,(H,22,24)/b14-11+. The molecule has 2 N–H and O–H groups in total. The van der Waals surface area contributed by atoms with Gasteiger partial charge in [-0.05, 0) is 38.6 Å². The van der Waals surface area contributed by atoms with Crippen molar-refractivity contribution in [3.8, 4) is 0 Å². The molecule has 2 unspecified atom stereocenters. The van der Waals surface area contributed by atoms with Crippen LogP contribution < -0.4 is 10.6 Å². The second-order valence-electron chi connectivity index (χ2n) is 8.14. The lowest BCUT2D eigenvalue weighted by atomic mass is 9.85. The molecular formula is C20H35N3O4. The van der Waals surface area contributed by atoms with Crippen molar-refractivity contribution in [1.82, 2.24) is 15.5 Å². The number of hydrogen-bond acceptors (Lipinski definition) is 5. The zero-order chi connectivity index (χ0) is 20.6. The van der Waals surface area contributed by atoms with Crippen molar-refractivity contribution in [3.05, 3.63) is 11.6 Å². The Kier molecular flexibility index (Phi) is 8.96. The van der Waals surface area contributed by atoms with E-state index in [4.69, 9.17) is 4.74 Å². The van der Waals surface area contributed by atoms with Crippen LogP contribution in [0, 0.1) is 5.41 Å². The van der Waals surface area contributed by atoms with Gasteiger partial charge in [0.25, 0.3) is 0 Å². The quantitative estimate of drug-likeness (QED) is 0.517. The highest BCUT2D eigenvalue weighted by Crippen LogP contribution is 2.21. The molecule has 0 radical (unpaired) electrons. The molecule has 0 aliphatic carbocycles. The number of rotatable bonds is 7. The average molecular weight is 382 g/mol. The number of amides is 2. The van der Waals surface area contributed by atoms with E-state index >= 15 is 0 Å². The largest absolute Gasteiger partial charge is 0.463 e. The fraction of sp³-hybridized carbons (Fsp3) is 0.750. The Hall–Kier alpha value is -1.89. The van der Waals surface area contributed by atoms with Crippen LogP contribution in [0.2, 0.25) is 0 Å². The summed E-state index contributed by atoms with van der Waals surface area (Å²) in [6, 6.07) is -0.886. The summed E-state index contributed by atoms with van der Waals surface area (Å²) in [5.41, 5.74) is 0.0227. The van der Waals surface area contributed by atoms with Crippen molar-refractivity contribution < 1.29 is 19.1 Å². The van der Waals surface area contributed by atoms with E-state index in [1.807, 2.05) is 20.8 Å². The predicted molar refractivity (Wildman–Crippen MR) is 105 cm³/mol. The second kappa shape index (κ2) is 10.4. The van der Waals surface area contributed by atoms with Gasteiger partial charge in [0, 0.05) is 19.2 Å². The first-order chi connectivity index (χ1) is 12.6. The zero-order valence-corrected chi connectivity index (χ0v) is 17.6. The molecule has 0 spiro atoms. The highest BCUT2D eigenvalue weighted by Gasteiger charge is 2.36. The Morgan fingerprint density at radius 1 is 1.30 bits per heavy atom. The molecule has 7 nitrogen and oxygen atoms in total. The minimum absolute atomic E-state index is 0.130. The van der Waals surface area contributed by atoms with Gasteiger partial charge < -0.3 is 20.3 Å². The van der Waals surface area contributed by atoms with Gasteiger partial charge in [-0.1, -0.05) is 33.3 Å². The third-order valence-electron chi connectivity index (χ3n) is 4.67. The maximum absolute atomic E-state index is 13.0. The summed E-state index contributed by atoms with van der Waals surface area (Å²) in [4.78, 5) is 38.8. The van der Waals surface area contributed by atoms with Crippen LogP contribution in [-0.4, -0.2) is 61.5 Å². The van der Waals surface area contributed by atoms with Crippen LogP contribution in [0.15, 0.2) is 11.6 Å². The highest BCUT2D eigenvalue weighted by molar-refractivity contribution is 5.91. The Labute approximate surface area is 162 Å². The lowest BCUT2D eigenvalue weighted by Gasteiger charge is -2.35. The van der Waals surface area contributed by atoms with Crippen LogP contribution in [0.4, 0.5) is 0 Å². The van der Waals surface area contributed by atoms with Gasteiger partial charge in [0.2, 0.25) is 11.8 Å². The maximum Gasteiger partial charge on any atom is 0.333 e. The lowest BCUT2D eigenvalue weighted by Crippen LogP contribution is -2.58. The Morgan fingerprint density at radius 2 is 1.96 bits per heavy atom. The van der Waals surface area contributed by atoms with Gasteiger partial charge in [-0.25, -0.2) is 4.79 Å². The summed E-state index contributed by atoms with van der Waals surface area (Å²) < 4.78 is 4.94. The fourth-order valence-electron chi connectivity index (χ4n) is 2.88. The monoisotopic (exact) mass is 381 g/mol. The third kappa shape index (κ3) is 7.33. The van der Waals surface area contributed by atoms with Crippen LogP contribution in [0.25, 0.3) is 0 Å². The van der Waals surface area contributed by atoms with E-state index in [1.54, 1.807) is 27.0 Å². The van der Waals surface area contributed by atoms with Gasteiger partial charge in [-0.15, -0.1) is 0 Å². The number of carbonyl (C=O) groups excluding carboxylic acids is 3. The van der Waals surface area contributed by atoms with E-state index in [0.29, 0.717) is 12.2 Å². The highest BCUT2D eigenvalue weighted by atomic mass is 16.5. The summed E-state index contributed by atoms with van der Waals surface area (Å²) in [7, 11) is 1.67. The molecule has 1 fully saturated rings. The number of piperidine rings is 1. The molecule has 1 heterocycles. The van der Waals surface area contributed by atoms with Crippen molar-refractivity contribution in [2.75, 3.05) is 26.7 Å². The maximum atomic E-state index is 13.0. The molecule has 2 atom stereocenters. The third-order valence-corrected chi connectivity index (χ3v) is 4.67. The Balaban J connectivity index is 2.77. The van der Waals surface area contributed by atoms with Gasteiger partial charge in [-0.3, -0.25) is 9.59 Å². The summed E-state index contributed by atoms with van der Waals surface area (Å²) >= 11 is 0. The number of esters is 1. The number of likely N-dealkylation sites (N-methyl/N-ethyl adjacent to an activating group) is 1. The second-order valence-corrected chi connectivity index (χ2v) is 8.14.